The molecule has 234 valence electrons. The predicted octanol–water partition coefficient (Wildman–Crippen LogP) is 8.47. The minimum atomic E-state index is -2.05. The van der Waals surface area contributed by atoms with Crippen LogP contribution in [0.5, 0.6) is 0 Å². The molecule has 0 radical (unpaired) electrons. The highest BCUT2D eigenvalue weighted by atomic mass is 35.5. The van der Waals surface area contributed by atoms with Gasteiger partial charge in [-0.25, -0.2) is 9.97 Å². The Balaban J connectivity index is 1.58. The van der Waals surface area contributed by atoms with Gasteiger partial charge in [0, 0.05) is 22.9 Å². The largest absolute Gasteiger partial charge is 0.422 e. The summed E-state index contributed by atoms with van der Waals surface area (Å²) in [4.78, 5) is 8.66. The summed E-state index contributed by atoms with van der Waals surface area (Å²) in [6.45, 7) is 17.5. The van der Waals surface area contributed by atoms with Gasteiger partial charge in [0.2, 0.25) is 0 Å². The zero-order chi connectivity index (χ0) is 31.4. The highest BCUT2D eigenvalue weighted by Gasteiger charge is 2.65. The van der Waals surface area contributed by atoms with Crippen LogP contribution in [0.1, 0.15) is 64.8 Å². The molecule has 8 nitrogen and oxygen atoms in total. The Labute approximate surface area is 274 Å². The number of benzene rings is 1. The maximum Gasteiger partial charge on any atom is 0.192 e. The lowest BCUT2D eigenvalue weighted by Gasteiger charge is -2.37. The van der Waals surface area contributed by atoms with Crippen LogP contribution in [-0.2, 0) is 29.4 Å². The average Bonchev–Trinajstić information content (AvgIpc) is 3.53. The highest BCUT2D eigenvalue weighted by Crippen LogP contribution is 2.55. The second-order valence-corrected chi connectivity index (χ2v) is 19.8. The lowest BCUT2D eigenvalue weighted by atomic mass is 9.81. The Kier molecular flexibility index (Phi) is 9.35. The second-order valence-electron chi connectivity index (χ2n) is 13.3. The van der Waals surface area contributed by atoms with Gasteiger partial charge in [0.1, 0.15) is 28.8 Å². The van der Waals surface area contributed by atoms with Crippen molar-refractivity contribution in [2.24, 2.45) is 0 Å². The van der Waals surface area contributed by atoms with Crippen LogP contribution in [0.3, 0.4) is 0 Å². The number of aromatic nitrogens is 3. The topological polar surface area (TPSA) is 76.9 Å². The normalized spacial score (nSPS) is 26.0. The third kappa shape index (κ3) is 6.39. The molecule has 2 aliphatic heterocycles. The van der Waals surface area contributed by atoms with Crippen LogP contribution in [0.15, 0.2) is 36.8 Å². The molecule has 2 aromatic heterocycles. The summed E-state index contributed by atoms with van der Waals surface area (Å²) in [5.41, 5.74) is 3.14. The van der Waals surface area contributed by atoms with Crippen LogP contribution < -0.4 is 0 Å². The second kappa shape index (κ2) is 12.1. The summed E-state index contributed by atoms with van der Waals surface area (Å²) in [6, 6.07) is 7.85. The molecular formula is C30H39Cl2N3O5S2Si. The molecule has 13 heteroatoms. The standard InChI is InChI=1S/C30H39Cl2N3O5S2Si/c1-28(2,3)43(7,8)37-14-18-13-19(31)9-10-20(18)22(15-42-36-17-41)23-30(6)24(39-29(4,5)40-30)27(38-23)35-12-11-21-25(32)33-16-34-26(21)35/h9-13,16-17,22-24,27H,14-15H2,1-8H3/t22-,23-,24+,27-,30-/m1/s1. The van der Waals surface area contributed by atoms with Crippen molar-refractivity contribution in [1.29, 1.82) is 0 Å². The first-order valence-corrected chi connectivity index (χ1v) is 19.3. The van der Waals surface area contributed by atoms with E-state index in [2.05, 4.69) is 56.8 Å². The zero-order valence-corrected chi connectivity index (χ0v) is 29.9. The molecule has 5 atom stereocenters. The average molecular weight is 685 g/mol. The zero-order valence-electron chi connectivity index (χ0n) is 25.7. The molecule has 4 heterocycles. The summed E-state index contributed by atoms with van der Waals surface area (Å²) >= 11 is 19.2. The number of hydrogen-bond acceptors (Lipinski definition) is 9. The molecule has 0 bridgehead atoms. The number of nitrogens with zero attached hydrogens (tertiary/aromatic N) is 3. The number of hydrogen-bond donors (Lipinski definition) is 0. The van der Waals surface area contributed by atoms with E-state index in [0.717, 1.165) is 16.5 Å². The lowest BCUT2D eigenvalue weighted by Crippen LogP contribution is -2.47. The van der Waals surface area contributed by atoms with Gasteiger partial charge >= 0.3 is 0 Å². The van der Waals surface area contributed by atoms with Gasteiger partial charge in [0.25, 0.3) is 0 Å². The number of thiocarbonyl (C=S) groups is 1. The van der Waals surface area contributed by atoms with E-state index in [-0.39, 0.29) is 11.0 Å². The Bertz CT molecular complexity index is 1500. The number of rotatable bonds is 10. The molecule has 0 amide bonds. The monoisotopic (exact) mass is 683 g/mol. The fourth-order valence-electron chi connectivity index (χ4n) is 5.82. The van der Waals surface area contributed by atoms with Crippen LogP contribution in [0.25, 0.3) is 11.0 Å². The van der Waals surface area contributed by atoms with Crippen molar-refractivity contribution in [1.82, 2.24) is 14.5 Å². The van der Waals surface area contributed by atoms with E-state index >= 15 is 0 Å². The third-order valence-corrected chi connectivity index (χ3v) is 14.9. The van der Waals surface area contributed by atoms with Crippen molar-refractivity contribution in [2.45, 2.75) is 102 Å². The maximum absolute atomic E-state index is 6.99. The summed E-state index contributed by atoms with van der Waals surface area (Å²) in [6.07, 6.45) is 1.92. The van der Waals surface area contributed by atoms with Crippen molar-refractivity contribution in [2.75, 3.05) is 5.75 Å². The van der Waals surface area contributed by atoms with Crippen LogP contribution in [0.4, 0.5) is 0 Å². The van der Waals surface area contributed by atoms with E-state index in [1.807, 2.05) is 42.8 Å². The van der Waals surface area contributed by atoms with E-state index in [0.29, 0.717) is 28.2 Å². The van der Waals surface area contributed by atoms with E-state index in [9.17, 15) is 0 Å². The molecular weight excluding hydrogens is 645 g/mol. The summed E-state index contributed by atoms with van der Waals surface area (Å²) in [7, 11) is -2.05. The van der Waals surface area contributed by atoms with Gasteiger partial charge in [-0.15, -0.1) is 0 Å². The Morgan fingerprint density at radius 3 is 2.63 bits per heavy atom. The van der Waals surface area contributed by atoms with Crippen LogP contribution in [0.2, 0.25) is 28.3 Å². The molecule has 0 spiro atoms. The fourth-order valence-corrected chi connectivity index (χ4v) is 7.96. The van der Waals surface area contributed by atoms with Crippen LogP contribution >= 0.6 is 47.5 Å². The molecule has 3 aromatic rings. The summed E-state index contributed by atoms with van der Waals surface area (Å²) in [5, 5.41) is 1.82. The number of halogens is 2. The number of ether oxygens (including phenoxy) is 3. The van der Waals surface area contributed by atoms with Gasteiger partial charge in [-0.3, -0.25) is 0 Å². The van der Waals surface area contributed by atoms with Gasteiger partial charge in [-0.2, -0.15) is 0 Å². The minimum absolute atomic E-state index is 0.0587. The quantitative estimate of drug-likeness (QED) is 0.0687. The predicted molar refractivity (Wildman–Crippen MR) is 178 cm³/mol. The minimum Gasteiger partial charge on any atom is -0.422 e. The molecule has 2 saturated heterocycles. The first-order valence-electron chi connectivity index (χ1n) is 14.2. The number of fused-ring (bicyclic) bond motifs is 2. The molecule has 0 N–H and O–H groups in total. The van der Waals surface area contributed by atoms with Crippen LogP contribution in [-0.4, -0.2) is 57.8 Å². The van der Waals surface area contributed by atoms with E-state index in [1.54, 1.807) is 0 Å². The first kappa shape index (κ1) is 33.1. The van der Waals surface area contributed by atoms with E-state index in [4.69, 9.17) is 58.2 Å². The SMILES string of the molecule is CC1(C)O[C@H]2[C@H](n3ccc4c(Cl)ncnc43)O[C@H]([C@H](CSOC=S)c3ccc(Cl)cc3CO[Si](C)(C)C(C)(C)C)[C@@]2(C)O1. The first-order chi connectivity index (χ1) is 20.1. The third-order valence-electron chi connectivity index (χ3n) is 8.91. The molecule has 1 aromatic carbocycles. The van der Waals surface area contributed by atoms with Gasteiger partial charge in [0.05, 0.1) is 30.1 Å². The van der Waals surface area contributed by atoms with Crippen molar-refractivity contribution < 1.29 is 22.8 Å². The van der Waals surface area contributed by atoms with Gasteiger partial charge < -0.3 is 27.4 Å². The lowest BCUT2D eigenvalue weighted by molar-refractivity contribution is -0.212. The molecule has 0 aliphatic carbocycles. The van der Waals surface area contributed by atoms with Crippen molar-refractivity contribution in [3.05, 3.63) is 58.1 Å². The molecule has 2 fully saturated rings. The molecule has 0 saturated carbocycles. The molecule has 2 aliphatic rings. The smallest absolute Gasteiger partial charge is 0.192 e. The Hall–Kier alpha value is -1.28. The molecule has 0 unspecified atom stereocenters. The van der Waals surface area contributed by atoms with E-state index in [1.165, 1.54) is 23.9 Å². The Morgan fingerprint density at radius 1 is 1.19 bits per heavy atom. The van der Waals surface area contributed by atoms with Gasteiger partial charge in [0.15, 0.2) is 25.9 Å². The van der Waals surface area contributed by atoms with Crippen molar-refractivity contribution in [3.63, 3.8) is 0 Å². The van der Waals surface area contributed by atoms with Crippen molar-refractivity contribution in [3.8, 4) is 0 Å². The van der Waals surface area contributed by atoms with Crippen LogP contribution in [0, 0.1) is 0 Å². The van der Waals surface area contributed by atoms with Crippen molar-refractivity contribution >= 4 is 72.4 Å². The van der Waals surface area contributed by atoms with Gasteiger partial charge in [-0.1, -0.05) is 50.0 Å². The Morgan fingerprint density at radius 2 is 1.93 bits per heavy atom. The molecule has 5 rings (SSSR count). The summed E-state index contributed by atoms with van der Waals surface area (Å²) < 4.78 is 34.4. The van der Waals surface area contributed by atoms with Gasteiger partial charge in [-0.05, 0) is 80.4 Å². The fraction of sp³-hybridized carbons (Fsp3) is 0.567. The maximum atomic E-state index is 6.99. The molecule has 43 heavy (non-hydrogen) atoms. The van der Waals surface area contributed by atoms with E-state index < -0.39 is 38.1 Å². The highest BCUT2D eigenvalue weighted by molar-refractivity contribution is 7.95. The summed E-state index contributed by atoms with van der Waals surface area (Å²) in [5.74, 6) is -0.511.